The first-order valence-electron chi connectivity index (χ1n) is 7.15. The minimum Gasteiger partial charge on any atom is -0.389 e. The maximum absolute atomic E-state index is 9.95. The number of hydrogen-bond donors (Lipinski definition) is 1. The molecule has 4 heteroatoms. The second-order valence-electron chi connectivity index (χ2n) is 6.48. The van der Waals surface area contributed by atoms with E-state index in [4.69, 9.17) is 9.47 Å². The molecule has 1 N–H and O–H groups in total. The number of aliphatic hydroxyl groups excluding tert-OH is 1. The predicted molar refractivity (Wildman–Crippen MR) is 70.6 cm³/mol. The number of rotatable bonds is 6. The quantitative estimate of drug-likeness (QED) is 0.778. The molecule has 2 unspecified atom stereocenters. The first-order chi connectivity index (χ1) is 8.55. The Hall–Kier alpha value is -0.160. The van der Waals surface area contributed by atoms with E-state index in [2.05, 4.69) is 18.7 Å². The molecule has 2 fully saturated rings. The molecule has 0 amide bonds. The third kappa shape index (κ3) is 4.50. The average molecular weight is 257 g/mol. The molecule has 2 aliphatic heterocycles. The standard InChI is InChI=1S/C14H27NO3/c1-14(2)5-6-15(11-14)8-12(16)9-17-10-13-4-3-7-18-13/h12-13,16H,3-11H2,1-2H3. The molecular weight excluding hydrogens is 230 g/mol. The van der Waals surface area contributed by atoms with Crippen molar-refractivity contribution in [1.82, 2.24) is 4.90 Å². The zero-order valence-corrected chi connectivity index (χ0v) is 11.7. The van der Waals surface area contributed by atoms with Gasteiger partial charge in [0.2, 0.25) is 0 Å². The summed E-state index contributed by atoms with van der Waals surface area (Å²) in [6.45, 7) is 9.39. The van der Waals surface area contributed by atoms with Crippen LogP contribution in [-0.4, -0.2) is 61.7 Å². The van der Waals surface area contributed by atoms with Crippen LogP contribution in [0.1, 0.15) is 33.1 Å². The Morgan fingerprint density at radius 2 is 2.33 bits per heavy atom. The highest BCUT2D eigenvalue weighted by molar-refractivity contribution is 4.83. The van der Waals surface area contributed by atoms with Crippen LogP contribution in [0.15, 0.2) is 0 Å². The zero-order valence-electron chi connectivity index (χ0n) is 11.7. The van der Waals surface area contributed by atoms with Crippen LogP contribution in [-0.2, 0) is 9.47 Å². The lowest BCUT2D eigenvalue weighted by Crippen LogP contribution is -2.35. The monoisotopic (exact) mass is 257 g/mol. The molecule has 2 atom stereocenters. The van der Waals surface area contributed by atoms with Crippen molar-refractivity contribution in [1.29, 1.82) is 0 Å². The first kappa shape index (κ1) is 14.3. The fourth-order valence-electron chi connectivity index (χ4n) is 2.84. The maximum Gasteiger partial charge on any atom is 0.0900 e. The Morgan fingerprint density at radius 3 is 2.94 bits per heavy atom. The lowest BCUT2D eigenvalue weighted by molar-refractivity contribution is -0.0240. The van der Waals surface area contributed by atoms with Gasteiger partial charge in [0.25, 0.3) is 0 Å². The summed E-state index contributed by atoms with van der Waals surface area (Å²) in [4.78, 5) is 2.33. The van der Waals surface area contributed by atoms with E-state index in [0.29, 0.717) is 18.6 Å². The molecule has 18 heavy (non-hydrogen) atoms. The lowest BCUT2D eigenvalue weighted by atomic mass is 9.93. The molecule has 0 aromatic rings. The van der Waals surface area contributed by atoms with Crippen LogP contribution >= 0.6 is 0 Å². The highest BCUT2D eigenvalue weighted by Gasteiger charge is 2.30. The summed E-state index contributed by atoms with van der Waals surface area (Å²) < 4.78 is 11.0. The number of aliphatic hydroxyl groups is 1. The smallest absolute Gasteiger partial charge is 0.0900 e. The van der Waals surface area contributed by atoms with Crippen LogP contribution < -0.4 is 0 Å². The minimum absolute atomic E-state index is 0.253. The first-order valence-corrected chi connectivity index (χ1v) is 7.15. The third-order valence-corrected chi connectivity index (χ3v) is 3.86. The molecule has 0 spiro atoms. The molecule has 106 valence electrons. The number of nitrogens with zero attached hydrogens (tertiary/aromatic N) is 1. The average Bonchev–Trinajstić information content (AvgIpc) is 2.88. The largest absolute Gasteiger partial charge is 0.389 e. The summed E-state index contributed by atoms with van der Waals surface area (Å²) in [5.41, 5.74) is 0.401. The van der Waals surface area contributed by atoms with Crippen molar-refractivity contribution >= 4 is 0 Å². The van der Waals surface area contributed by atoms with Crippen molar-refractivity contribution < 1.29 is 14.6 Å². The Bertz CT molecular complexity index is 251. The van der Waals surface area contributed by atoms with Gasteiger partial charge in [-0.05, 0) is 31.2 Å². The van der Waals surface area contributed by atoms with Crippen LogP contribution in [0.2, 0.25) is 0 Å². The van der Waals surface area contributed by atoms with Crippen LogP contribution in [0.4, 0.5) is 0 Å². The molecule has 4 nitrogen and oxygen atoms in total. The molecule has 2 saturated heterocycles. The van der Waals surface area contributed by atoms with Crippen molar-refractivity contribution in [3.05, 3.63) is 0 Å². The molecule has 0 saturated carbocycles. The SMILES string of the molecule is CC1(C)CCN(CC(O)COCC2CCCO2)C1. The third-order valence-electron chi connectivity index (χ3n) is 3.86. The van der Waals surface area contributed by atoms with Gasteiger partial charge in [0, 0.05) is 19.7 Å². The number of hydrogen-bond acceptors (Lipinski definition) is 4. The van der Waals surface area contributed by atoms with Gasteiger partial charge in [-0.3, -0.25) is 0 Å². The Morgan fingerprint density at radius 1 is 1.50 bits per heavy atom. The molecule has 2 rings (SSSR count). The molecule has 0 radical (unpaired) electrons. The normalized spacial score (nSPS) is 29.8. The van der Waals surface area contributed by atoms with E-state index in [-0.39, 0.29) is 12.2 Å². The summed E-state index contributed by atoms with van der Waals surface area (Å²) >= 11 is 0. The van der Waals surface area contributed by atoms with Crippen molar-refractivity contribution in [2.75, 3.05) is 39.5 Å². The van der Waals surface area contributed by atoms with Crippen LogP contribution in [0, 0.1) is 5.41 Å². The van der Waals surface area contributed by atoms with Gasteiger partial charge in [-0.1, -0.05) is 13.8 Å². The van der Waals surface area contributed by atoms with Gasteiger partial charge in [-0.15, -0.1) is 0 Å². The summed E-state index contributed by atoms with van der Waals surface area (Å²) in [6.07, 6.45) is 3.33. The maximum atomic E-state index is 9.95. The Balaban J connectivity index is 1.56. The van der Waals surface area contributed by atoms with Crippen LogP contribution in [0.3, 0.4) is 0 Å². The van der Waals surface area contributed by atoms with Crippen molar-refractivity contribution in [2.45, 2.75) is 45.3 Å². The van der Waals surface area contributed by atoms with E-state index in [0.717, 1.165) is 39.1 Å². The molecule has 0 aliphatic carbocycles. The second kappa shape index (κ2) is 6.33. The van der Waals surface area contributed by atoms with Crippen LogP contribution in [0.5, 0.6) is 0 Å². The van der Waals surface area contributed by atoms with E-state index >= 15 is 0 Å². The Kier molecular flexibility index (Phi) is 5.01. The van der Waals surface area contributed by atoms with Crippen molar-refractivity contribution in [2.24, 2.45) is 5.41 Å². The minimum atomic E-state index is -0.375. The van der Waals surface area contributed by atoms with Gasteiger partial charge in [0.15, 0.2) is 0 Å². The van der Waals surface area contributed by atoms with Gasteiger partial charge in [-0.2, -0.15) is 0 Å². The number of ether oxygens (including phenoxy) is 2. The summed E-state index contributed by atoms with van der Waals surface area (Å²) in [6, 6.07) is 0. The predicted octanol–water partition coefficient (Wildman–Crippen LogP) is 1.27. The van der Waals surface area contributed by atoms with Crippen molar-refractivity contribution in [3.8, 4) is 0 Å². The van der Waals surface area contributed by atoms with Gasteiger partial charge in [0.05, 0.1) is 25.4 Å². The van der Waals surface area contributed by atoms with E-state index in [9.17, 15) is 5.11 Å². The lowest BCUT2D eigenvalue weighted by Gasteiger charge is -2.22. The number of likely N-dealkylation sites (tertiary alicyclic amines) is 1. The fraction of sp³-hybridized carbons (Fsp3) is 1.00. The van der Waals surface area contributed by atoms with Gasteiger partial charge in [-0.25, -0.2) is 0 Å². The summed E-state index contributed by atoms with van der Waals surface area (Å²) in [7, 11) is 0. The highest BCUT2D eigenvalue weighted by Crippen LogP contribution is 2.28. The van der Waals surface area contributed by atoms with E-state index in [1.54, 1.807) is 0 Å². The second-order valence-corrected chi connectivity index (χ2v) is 6.48. The fourth-order valence-corrected chi connectivity index (χ4v) is 2.84. The molecule has 2 heterocycles. The van der Waals surface area contributed by atoms with Gasteiger partial charge in [0.1, 0.15) is 0 Å². The molecule has 0 aromatic heterocycles. The highest BCUT2D eigenvalue weighted by atomic mass is 16.5. The van der Waals surface area contributed by atoms with Crippen LogP contribution in [0.25, 0.3) is 0 Å². The van der Waals surface area contributed by atoms with E-state index < -0.39 is 0 Å². The number of β-amino-alcohol motifs (C(OH)–C–C–N with tert-alkyl or cyclic N) is 1. The summed E-state index contributed by atoms with van der Waals surface area (Å²) in [5, 5.41) is 9.95. The van der Waals surface area contributed by atoms with Gasteiger partial charge >= 0.3 is 0 Å². The van der Waals surface area contributed by atoms with Crippen molar-refractivity contribution in [3.63, 3.8) is 0 Å². The molecule has 0 aromatic carbocycles. The molecule has 0 bridgehead atoms. The molecule has 2 aliphatic rings. The molecular formula is C14H27NO3. The van der Waals surface area contributed by atoms with E-state index in [1.807, 2.05) is 0 Å². The zero-order chi connectivity index (χ0) is 13.0. The Labute approximate surface area is 110 Å². The van der Waals surface area contributed by atoms with E-state index in [1.165, 1.54) is 6.42 Å². The summed E-state index contributed by atoms with van der Waals surface area (Å²) in [5.74, 6) is 0. The topological polar surface area (TPSA) is 41.9 Å². The van der Waals surface area contributed by atoms with Gasteiger partial charge < -0.3 is 19.5 Å².